The summed E-state index contributed by atoms with van der Waals surface area (Å²) in [5.74, 6) is -0.595. The molecule has 1 unspecified atom stereocenters. The van der Waals surface area contributed by atoms with Gasteiger partial charge < -0.3 is 10.2 Å². The monoisotopic (exact) mass is 443 g/mol. The zero-order valence-electron chi connectivity index (χ0n) is 18.0. The van der Waals surface area contributed by atoms with Crippen LogP contribution in [0.5, 0.6) is 0 Å². The Kier molecular flexibility index (Phi) is 7.33. The van der Waals surface area contributed by atoms with Gasteiger partial charge >= 0.3 is 0 Å². The zero-order chi connectivity index (χ0) is 22.4. The number of piperidine rings is 1. The maximum absolute atomic E-state index is 13.2. The van der Waals surface area contributed by atoms with Gasteiger partial charge in [-0.3, -0.25) is 13.9 Å². The van der Waals surface area contributed by atoms with Gasteiger partial charge in [0.25, 0.3) is 5.91 Å². The maximum atomic E-state index is 13.2. The van der Waals surface area contributed by atoms with Crippen molar-refractivity contribution in [1.82, 2.24) is 4.90 Å². The molecule has 1 N–H and O–H groups in total. The van der Waals surface area contributed by atoms with Crippen LogP contribution in [0.15, 0.2) is 54.6 Å². The molecule has 1 heterocycles. The van der Waals surface area contributed by atoms with E-state index in [9.17, 15) is 18.0 Å². The molecular weight excluding hydrogens is 414 g/mol. The number of para-hydroxylation sites is 2. The van der Waals surface area contributed by atoms with E-state index in [0.717, 1.165) is 29.8 Å². The minimum atomic E-state index is -3.71. The molecule has 0 aromatic heterocycles. The number of hydrogen-bond donors (Lipinski definition) is 1. The number of nitrogens with one attached hydrogen (secondary N) is 1. The van der Waals surface area contributed by atoms with E-state index in [-0.39, 0.29) is 12.3 Å². The number of anilines is 2. The van der Waals surface area contributed by atoms with Crippen LogP contribution in [-0.2, 0) is 14.8 Å². The molecule has 1 aliphatic rings. The first-order valence-electron chi connectivity index (χ1n) is 10.6. The Bertz CT molecular complexity index is 1020. The summed E-state index contributed by atoms with van der Waals surface area (Å²) in [6.45, 7) is 3.17. The number of hydrogen-bond acceptors (Lipinski definition) is 4. The smallest absolute Gasteiger partial charge is 0.255 e. The van der Waals surface area contributed by atoms with Crippen LogP contribution in [0.1, 0.15) is 43.0 Å². The summed E-state index contributed by atoms with van der Waals surface area (Å²) in [5, 5.41) is 2.81. The summed E-state index contributed by atoms with van der Waals surface area (Å²) in [7, 11) is -3.71. The Morgan fingerprint density at radius 3 is 2.23 bits per heavy atom. The summed E-state index contributed by atoms with van der Waals surface area (Å²) in [6.07, 6.45) is 4.41. The van der Waals surface area contributed by atoms with E-state index < -0.39 is 22.0 Å². The Morgan fingerprint density at radius 1 is 1.00 bits per heavy atom. The first-order valence-corrected chi connectivity index (χ1v) is 12.4. The first-order chi connectivity index (χ1) is 14.8. The predicted octanol–water partition coefficient (Wildman–Crippen LogP) is 3.50. The van der Waals surface area contributed by atoms with Crippen molar-refractivity contribution < 1.29 is 18.0 Å². The molecule has 8 heteroatoms. The van der Waals surface area contributed by atoms with E-state index in [2.05, 4.69) is 5.32 Å². The standard InChI is InChI=1S/C23H29N3O4S/c1-3-21(26(31(2,29)30)18-12-6-4-7-13-18)22(27)24-20-15-9-8-14-19(20)23(28)25-16-10-5-11-17-25/h4,6-9,12-15,21H,3,5,10-11,16-17H2,1-2H3,(H,24,27). The fraction of sp³-hybridized carbons (Fsp3) is 0.391. The highest BCUT2D eigenvalue weighted by Crippen LogP contribution is 2.25. The Balaban J connectivity index is 1.88. The molecular formula is C23H29N3O4S. The molecule has 1 aliphatic heterocycles. The third-order valence-electron chi connectivity index (χ3n) is 5.40. The van der Waals surface area contributed by atoms with Crippen molar-refractivity contribution in [3.05, 3.63) is 60.2 Å². The fourth-order valence-corrected chi connectivity index (χ4v) is 5.11. The number of amides is 2. The Labute approximate surface area is 184 Å². The van der Waals surface area contributed by atoms with Crippen molar-refractivity contribution in [3.63, 3.8) is 0 Å². The van der Waals surface area contributed by atoms with Crippen LogP contribution in [0.25, 0.3) is 0 Å². The van der Waals surface area contributed by atoms with Crippen molar-refractivity contribution >= 4 is 33.2 Å². The lowest BCUT2D eigenvalue weighted by Gasteiger charge is -2.30. The summed E-state index contributed by atoms with van der Waals surface area (Å²) in [6, 6.07) is 14.5. The number of carbonyl (C=O) groups excluding carboxylic acids is 2. The molecule has 2 aromatic rings. The van der Waals surface area contributed by atoms with Gasteiger partial charge in [-0.15, -0.1) is 0 Å². The number of nitrogens with zero attached hydrogens (tertiary/aromatic N) is 2. The highest BCUT2D eigenvalue weighted by atomic mass is 32.2. The predicted molar refractivity (Wildman–Crippen MR) is 123 cm³/mol. The van der Waals surface area contributed by atoms with Gasteiger partial charge in [-0.1, -0.05) is 37.3 Å². The van der Waals surface area contributed by atoms with Crippen LogP contribution in [-0.4, -0.2) is 50.5 Å². The number of benzene rings is 2. The molecule has 3 rings (SSSR count). The number of likely N-dealkylation sites (tertiary alicyclic amines) is 1. The van der Waals surface area contributed by atoms with Gasteiger partial charge in [-0.05, 0) is 49.9 Å². The summed E-state index contributed by atoms with van der Waals surface area (Å²) in [4.78, 5) is 28.0. The van der Waals surface area contributed by atoms with Gasteiger partial charge in [0.05, 0.1) is 23.2 Å². The molecule has 0 aliphatic carbocycles. The summed E-state index contributed by atoms with van der Waals surface area (Å²) in [5.41, 5.74) is 1.23. The van der Waals surface area contributed by atoms with E-state index in [4.69, 9.17) is 0 Å². The SMILES string of the molecule is CCC(C(=O)Nc1ccccc1C(=O)N1CCCCC1)N(c1ccccc1)S(C)(=O)=O. The van der Waals surface area contributed by atoms with E-state index in [0.29, 0.717) is 30.0 Å². The van der Waals surface area contributed by atoms with Crippen molar-refractivity contribution in [2.45, 2.75) is 38.6 Å². The molecule has 1 saturated heterocycles. The number of rotatable bonds is 7. The topological polar surface area (TPSA) is 86.8 Å². The van der Waals surface area contributed by atoms with Gasteiger partial charge in [-0.25, -0.2) is 8.42 Å². The van der Waals surface area contributed by atoms with Crippen LogP contribution in [0, 0.1) is 0 Å². The third-order valence-corrected chi connectivity index (χ3v) is 6.58. The first kappa shape index (κ1) is 22.8. The van der Waals surface area contributed by atoms with Crippen LogP contribution in [0.3, 0.4) is 0 Å². The van der Waals surface area contributed by atoms with Crippen LogP contribution in [0.2, 0.25) is 0 Å². The van der Waals surface area contributed by atoms with E-state index in [1.165, 1.54) is 0 Å². The van der Waals surface area contributed by atoms with E-state index in [1.807, 2.05) is 0 Å². The van der Waals surface area contributed by atoms with Gasteiger partial charge in [-0.2, -0.15) is 0 Å². The molecule has 1 atom stereocenters. The van der Waals surface area contributed by atoms with Crippen LogP contribution < -0.4 is 9.62 Å². The number of sulfonamides is 1. The second-order valence-electron chi connectivity index (χ2n) is 7.71. The van der Waals surface area contributed by atoms with Gasteiger partial charge in [0.2, 0.25) is 15.9 Å². The van der Waals surface area contributed by atoms with E-state index in [1.54, 1.807) is 66.4 Å². The number of carbonyl (C=O) groups is 2. The van der Waals surface area contributed by atoms with Crippen LogP contribution in [0.4, 0.5) is 11.4 Å². The molecule has 0 saturated carbocycles. The quantitative estimate of drug-likeness (QED) is 0.710. The minimum absolute atomic E-state index is 0.119. The zero-order valence-corrected chi connectivity index (χ0v) is 18.8. The van der Waals surface area contributed by atoms with Crippen molar-refractivity contribution in [3.8, 4) is 0 Å². The largest absolute Gasteiger partial charge is 0.339 e. The van der Waals surface area contributed by atoms with Gasteiger partial charge in [0, 0.05) is 13.1 Å². The van der Waals surface area contributed by atoms with Crippen molar-refractivity contribution in [1.29, 1.82) is 0 Å². The fourth-order valence-electron chi connectivity index (χ4n) is 3.90. The average Bonchev–Trinajstić information content (AvgIpc) is 2.77. The third kappa shape index (κ3) is 5.44. The second-order valence-corrected chi connectivity index (χ2v) is 9.57. The normalized spacial score (nSPS) is 15.2. The molecule has 1 fully saturated rings. The van der Waals surface area contributed by atoms with Gasteiger partial charge in [0.1, 0.15) is 6.04 Å². The molecule has 166 valence electrons. The summed E-state index contributed by atoms with van der Waals surface area (Å²) < 4.78 is 26.2. The minimum Gasteiger partial charge on any atom is -0.339 e. The second kappa shape index (κ2) is 9.96. The Hall–Kier alpha value is -2.87. The lowest BCUT2D eigenvalue weighted by Crippen LogP contribution is -2.47. The highest BCUT2D eigenvalue weighted by molar-refractivity contribution is 7.92. The molecule has 0 radical (unpaired) electrons. The van der Waals surface area contributed by atoms with Crippen LogP contribution >= 0.6 is 0 Å². The lowest BCUT2D eigenvalue weighted by molar-refractivity contribution is -0.117. The molecule has 0 spiro atoms. The van der Waals surface area contributed by atoms with Crippen molar-refractivity contribution in [2.24, 2.45) is 0 Å². The molecule has 2 aromatic carbocycles. The molecule has 2 amide bonds. The molecule has 0 bridgehead atoms. The van der Waals surface area contributed by atoms with E-state index >= 15 is 0 Å². The highest BCUT2D eigenvalue weighted by Gasteiger charge is 2.32. The van der Waals surface area contributed by atoms with Gasteiger partial charge in [0.15, 0.2) is 0 Å². The summed E-state index contributed by atoms with van der Waals surface area (Å²) >= 11 is 0. The Morgan fingerprint density at radius 2 is 1.61 bits per heavy atom. The molecule has 7 nitrogen and oxygen atoms in total. The maximum Gasteiger partial charge on any atom is 0.255 e. The van der Waals surface area contributed by atoms with Crippen molar-refractivity contribution in [2.75, 3.05) is 29.0 Å². The molecule has 31 heavy (non-hydrogen) atoms. The lowest BCUT2D eigenvalue weighted by atomic mass is 10.1. The average molecular weight is 444 g/mol.